The highest BCUT2D eigenvalue weighted by atomic mass is 32.2. The van der Waals surface area contributed by atoms with Crippen LogP contribution < -0.4 is 5.43 Å². The zero-order valence-electron chi connectivity index (χ0n) is 13.7. The molecule has 0 saturated heterocycles. The lowest BCUT2D eigenvalue weighted by atomic mass is 10.1. The van der Waals surface area contributed by atoms with Crippen LogP contribution in [0.2, 0.25) is 0 Å². The summed E-state index contributed by atoms with van der Waals surface area (Å²) in [5.41, 5.74) is 4.19. The van der Waals surface area contributed by atoms with Crippen molar-refractivity contribution in [2.45, 2.75) is 13.8 Å². The predicted octanol–water partition coefficient (Wildman–Crippen LogP) is 2.64. The van der Waals surface area contributed by atoms with E-state index in [0.717, 1.165) is 12.3 Å². The van der Waals surface area contributed by atoms with E-state index in [4.69, 9.17) is 4.18 Å². The standard InChI is InChI=1S/C16H20F2N2O3S/c1-11(2)8-20-9-12(10-23-24(3,21)22)6-16(19-20)14-5-4-13(17)7-15(14)18/h4-7,9,11,19H,8,10H2,1-3H3. The maximum atomic E-state index is 14.0. The predicted molar refractivity (Wildman–Crippen MR) is 87.9 cm³/mol. The van der Waals surface area contributed by atoms with E-state index in [0.29, 0.717) is 23.7 Å². The third-order valence-electron chi connectivity index (χ3n) is 3.14. The van der Waals surface area contributed by atoms with Crippen LogP contribution in [0.15, 0.2) is 36.0 Å². The largest absolute Gasteiger partial charge is 0.298 e. The van der Waals surface area contributed by atoms with E-state index in [1.165, 1.54) is 12.1 Å². The molecule has 0 saturated carbocycles. The topological polar surface area (TPSA) is 58.6 Å². The Bertz CT molecular complexity index is 774. The lowest BCUT2D eigenvalue weighted by Gasteiger charge is -2.30. The molecule has 2 rings (SSSR count). The minimum Gasteiger partial charge on any atom is -0.298 e. The Morgan fingerprint density at radius 1 is 1.29 bits per heavy atom. The summed E-state index contributed by atoms with van der Waals surface area (Å²) in [6.45, 7) is 4.47. The van der Waals surface area contributed by atoms with Crippen LogP contribution in [0, 0.1) is 17.6 Å². The molecule has 5 nitrogen and oxygen atoms in total. The van der Waals surface area contributed by atoms with Crippen molar-refractivity contribution in [2.75, 3.05) is 19.4 Å². The Labute approximate surface area is 140 Å². The monoisotopic (exact) mass is 358 g/mol. The third kappa shape index (κ3) is 5.31. The quantitative estimate of drug-likeness (QED) is 0.793. The second-order valence-electron chi connectivity index (χ2n) is 6.01. The second kappa shape index (κ2) is 7.31. The summed E-state index contributed by atoms with van der Waals surface area (Å²) in [5.74, 6) is -1.06. The van der Waals surface area contributed by atoms with E-state index in [9.17, 15) is 17.2 Å². The van der Waals surface area contributed by atoms with Gasteiger partial charge in [-0.3, -0.25) is 14.6 Å². The molecule has 8 heteroatoms. The van der Waals surface area contributed by atoms with Crippen molar-refractivity contribution in [1.82, 2.24) is 10.4 Å². The lowest BCUT2D eigenvalue weighted by molar-refractivity contribution is 0.275. The molecule has 0 amide bonds. The Balaban J connectivity index is 2.31. The van der Waals surface area contributed by atoms with E-state index in [1.807, 2.05) is 13.8 Å². The zero-order chi connectivity index (χ0) is 17.9. The molecule has 0 spiro atoms. The fourth-order valence-electron chi connectivity index (χ4n) is 2.23. The SMILES string of the molecule is CC(C)CN1C=C(COS(C)(=O)=O)C=C(c2ccc(F)cc2F)N1. The minimum atomic E-state index is -3.59. The normalized spacial score (nSPS) is 15.2. The number of benzene rings is 1. The van der Waals surface area contributed by atoms with Gasteiger partial charge in [0, 0.05) is 24.4 Å². The van der Waals surface area contributed by atoms with E-state index < -0.39 is 21.8 Å². The number of hydrogen-bond donors (Lipinski definition) is 1. The first-order chi connectivity index (χ1) is 11.1. The van der Waals surface area contributed by atoms with E-state index >= 15 is 0 Å². The number of hydrazine groups is 1. The first-order valence-electron chi connectivity index (χ1n) is 7.39. The zero-order valence-corrected chi connectivity index (χ0v) is 14.5. The Kier molecular flexibility index (Phi) is 5.61. The molecular weight excluding hydrogens is 338 g/mol. The summed E-state index contributed by atoms with van der Waals surface area (Å²) in [4.78, 5) is 0. The Hall–Kier alpha value is -1.93. The van der Waals surface area contributed by atoms with Gasteiger partial charge in [0.1, 0.15) is 11.6 Å². The van der Waals surface area contributed by atoms with Crippen molar-refractivity contribution < 1.29 is 21.4 Å². The van der Waals surface area contributed by atoms with E-state index in [1.54, 1.807) is 17.3 Å². The van der Waals surface area contributed by atoms with Crippen LogP contribution in [0.3, 0.4) is 0 Å². The molecule has 0 aromatic heterocycles. The van der Waals surface area contributed by atoms with Crippen molar-refractivity contribution in [2.24, 2.45) is 5.92 Å². The van der Waals surface area contributed by atoms with Crippen LogP contribution in [0.1, 0.15) is 19.4 Å². The number of halogens is 2. The van der Waals surface area contributed by atoms with Gasteiger partial charge in [-0.05, 0) is 29.7 Å². The highest BCUT2D eigenvalue weighted by Gasteiger charge is 2.18. The fourth-order valence-corrected chi connectivity index (χ4v) is 2.58. The first-order valence-corrected chi connectivity index (χ1v) is 9.21. The highest BCUT2D eigenvalue weighted by molar-refractivity contribution is 7.86. The summed E-state index contributed by atoms with van der Waals surface area (Å²) in [6.07, 6.45) is 4.25. The third-order valence-corrected chi connectivity index (χ3v) is 3.68. The van der Waals surface area contributed by atoms with Crippen LogP contribution in [0.25, 0.3) is 5.70 Å². The summed E-state index contributed by atoms with van der Waals surface area (Å²) in [7, 11) is -3.59. The number of hydrogen-bond acceptors (Lipinski definition) is 5. The number of nitrogens with zero attached hydrogens (tertiary/aromatic N) is 1. The smallest absolute Gasteiger partial charge is 0.264 e. The molecule has 0 unspecified atom stereocenters. The molecule has 1 aromatic carbocycles. The molecule has 0 bridgehead atoms. The van der Waals surface area contributed by atoms with Gasteiger partial charge in [-0.15, -0.1) is 0 Å². The first kappa shape index (κ1) is 18.4. The van der Waals surface area contributed by atoms with E-state index in [-0.39, 0.29) is 12.2 Å². The van der Waals surface area contributed by atoms with Crippen LogP contribution in [0.4, 0.5) is 8.78 Å². The fraction of sp³-hybridized carbons (Fsp3) is 0.375. The van der Waals surface area contributed by atoms with Gasteiger partial charge in [0.25, 0.3) is 10.1 Å². The van der Waals surface area contributed by atoms with Crippen LogP contribution in [-0.4, -0.2) is 32.8 Å². The van der Waals surface area contributed by atoms with Gasteiger partial charge in [-0.1, -0.05) is 13.8 Å². The van der Waals surface area contributed by atoms with Gasteiger partial charge in [0.05, 0.1) is 18.6 Å². The molecule has 1 aliphatic rings. The molecule has 0 radical (unpaired) electrons. The molecule has 0 aliphatic carbocycles. The van der Waals surface area contributed by atoms with Crippen molar-refractivity contribution in [3.8, 4) is 0 Å². The van der Waals surface area contributed by atoms with Crippen molar-refractivity contribution >= 4 is 15.8 Å². The number of nitrogens with one attached hydrogen (secondary N) is 1. The number of rotatable bonds is 6. The Morgan fingerprint density at radius 2 is 2.00 bits per heavy atom. The van der Waals surface area contributed by atoms with Crippen LogP contribution in [0.5, 0.6) is 0 Å². The minimum absolute atomic E-state index is 0.165. The van der Waals surface area contributed by atoms with Crippen LogP contribution >= 0.6 is 0 Å². The van der Waals surface area contributed by atoms with Gasteiger partial charge < -0.3 is 0 Å². The molecule has 1 N–H and O–H groups in total. The van der Waals surface area contributed by atoms with Crippen molar-refractivity contribution in [3.63, 3.8) is 0 Å². The molecule has 24 heavy (non-hydrogen) atoms. The van der Waals surface area contributed by atoms with E-state index in [2.05, 4.69) is 5.43 Å². The maximum Gasteiger partial charge on any atom is 0.264 e. The molecule has 1 aliphatic heterocycles. The average Bonchev–Trinajstić information content (AvgIpc) is 2.43. The highest BCUT2D eigenvalue weighted by Crippen LogP contribution is 2.23. The van der Waals surface area contributed by atoms with Gasteiger partial charge >= 0.3 is 0 Å². The van der Waals surface area contributed by atoms with Gasteiger partial charge in [0.2, 0.25) is 0 Å². The summed E-state index contributed by atoms with van der Waals surface area (Å²) in [6, 6.07) is 3.30. The average molecular weight is 358 g/mol. The van der Waals surface area contributed by atoms with Gasteiger partial charge in [-0.25, -0.2) is 8.78 Å². The lowest BCUT2D eigenvalue weighted by Crippen LogP contribution is -2.38. The molecular formula is C16H20F2N2O3S. The molecule has 0 fully saturated rings. The molecule has 1 aromatic rings. The van der Waals surface area contributed by atoms with Gasteiger partial charge in [-0.2, -0.15) is 8.42 Å². The molecule has 1 heterocycles. The summed E-state index contributed by atoms with van der Waals surface area (Å²) >= 11 is 0. The van der Waals surface area contributed by atoms with Crippen molar-refractivity contribution in [3.05, 3.63) is 53.2 Å². The maximum absolute atomic E-state index is 14.0. The molecule has 132 valence electrons. The summed E-state index contributed by atoms with van der Waals surface area (Å²) < 4.78 is 54.3. The van der Waals surface area contributed by atoms with Crippen molar-refractivity contribution in [1.29, 1.82) is 0 Å². The summed E-state index contributed by atoms with van der Waals surface area (Å²) in [5, 5.41) is 1.73. The second-order valence-corrected chi connectivity index (χ2v) is 7.65. The van der Waals surface area contributed by atoms with Gasteiger partial charge in [0.15, 0.2) is 0 Å². The Morgan fingerprint density at radius 3 is 2.58 bits per heavy atom. The van der Waals surface area contributed by atoms with Crippen LogP contribution in [-0.2, 0) is 14.3 Å². The molecule has 0 atom stereocenters.